The Kier molecular flexibility index (Phi) is 6.02. The Hall–Kier alpha value is -0.530. The Balaban J connectivity index is 1.96. The molecule has 0 aliphatic carbocycles. The highest BCUT2D eigenvalue weighted by Gasteiger charge is 2.28. The number of nitrogens with zero attached hydrogens (tertiary/aromatic N) is 2. The highest BCUT2D eigenvalue weighted by atomic mass is 15.3. The van der Waals surface area contributed by atoms with E-state index >= 15 is 0 Å². The smallest absolute Gasteiger partial charge is 0.247 e. The van der Waals surface area contributed by atoms with Crippen LogP contribution in [0.25, 0.3) is 0 Å². The lowest BCUT2D eigenvalue weighted by atomic mass is 10.1. The summed E-state index contributed by atoms with van der Waals surface area (Å²) in [5, 5.41) is 0. The minimum atomic E-state index is 1.29. The average Bonchev–Trinajstić information content (AvgIpc) is 2.76. The highest BCUT2D eigenvalue weighted by Crippen LogP contribution is 2.14. The van der Waals surface area contributed by atoms with E-state index in [0.29, 0.717) is 0 Å². The number of hydrogen-bond donors (Lipinski definition) is 0. The van der Waals surface area contributed by atoms with Gasteiger partial charge in [-0.1, -0.05) is 32.6 Å². The van der Waals surface area contributed by atoms with Gasteiger partial charge in [-0.25, -0.2) is 0 Å². The van der Waals surface area contributed by atoms with E-state index in [-0.39, 0.29) is 0 Å². The zero-order valence-electron chi connectivity index (χ0n) is 12.3. The summed E-state index contributed by atoms with van der Waals surface area (Å²) < 4.78 is 2.68. The second-order valence-electron chi connectivity index (χ2n) is 5.97. The second kappa shape index (κ2) is 7.81. The number of hydrogen-bond acceptors (Lipinski definition) is 1. The SMILES string of the molecule is CCCC1=[N+]2CCCCCCCCCCN1CC2. The Morgan fingerprint density at radius 2 is 1.50 bits per heavy atom. The first kappa shape index (κ1) is 13.9. The largest absolute Gasteiger partial charge is 0.262 e. The molecule has 0 saturated carbocycles. The van der Waals surface area contributed by atoms with E-state index in [1.54, 1.807) is 5.84 Å². The summed E-state index contributed by atoms with van der Waals surface area (Å²) in [6.07, 6.45) is 14.1. The minimum absolute atomic E-state index is 1.29. The Morgan fingerprint density at radius 3 is 2.22 bits per heavy atom. The average molecular weight is 251 g/mol. The lowest BCUT2D eigenvalue weighted by Crippen LogP contribution is -2.30. The fourth-order valence-electron chi connectivity index (χ4n) is 3.39. The summed E-state index contributed by atoms with van der Waals surface area (Å²) in [5.41, 5.74) is 0. The van der Waals surface area contributed by atoms with Crippen LogP contribution in [0, 0.1) is 0 Å². The van der Waals surface area contributed by atoms with Crippen LogP contribution in [0.5, 0.6) is 0 Å². The fraction of sp³-hybridized carbons (Fsp3) is 0.938. The van der Waals surface area contributed by atoms with Crippen molar-refractivity contribution in [1.29, 1.82) is 0 Å². The van der Waals surface area contributed by atoms with E-state index in [4.69, 9.17) is 0 Å². The molecule has 0 radical (unpaired) electrons. The van der Waals surface area contributed by atoms with E-state index in [0.717, 1.165) is 0 Å². The number of amidine groups is 1. The molecule has 0 spiro atoms. The van der Waals surface area contributed by atoms with Gasteiger partial charge in [0.05, 0.1) is 13.1 Å². The summed E-state index contributed by atoms with van der Waals surface area (Å²) >= 11 is 0. The maximum absolute atomic E-state index is 2.68. The lowest BCUT2D eigenvalue weighted by Gasteiger charge is -2.13. The Labute approximate surface area is 113 Å². The van der Waals surface area contributed by atoms with Crippen LogP contribution in [0.2, 0.25) is 0 Å². The van der Waals surface area contributed by atoms with Crippen molar-refractivity contribution in [1.82, 2.24) is 4.90 Å². The maximum atomic E-state index is 2.68. The molecule has 2 aliphatic heterocycles. The number of fused-ring (bicyclic) bond motifs is 1. The van der Waals surface area contributed by atoms with Crippen molar-refractivity contribution in [2.24, 2.45) is 0 Å². The lowest BCUT2D eigenvalue weighted by molar-refractivity contribution is -0.519. The Morgan fingerprint density at radius 1 is 0.833 bits per heavy atom. The van der Waals surface area contributed by atoms with E-state index in [9.17, 15) is 0 Å². The summed E-state index contributed by atoms with van der Waals surface area (Å²) in [4.78, 5) is 2.68. The van der Waals surface area contributed by atoms with E-state index in [2.05, 4.69) is 16.4 Å². The van der Waals surface area contributed by atoms with Gasteiger partial charge in [-0.3, -0.25) is 9.48 Å². The number of rotatable bonds is 2. The van der Waals surface area contributed by atoms with Gasteiger partial charge in [0.15, 0.2) is 0 Å². The monoisotopic (exact) mass is 251 g/mol. The molecule has 0 atom stereocenters. The molecule has 2 rings (SSSR count). The van der Waals surface area contributed by atoms with Gasteiger partial charge in [-0.05, 0) is 32.1 Å². The zero-order valence-corrected chi connectivity index (χ0v) is 12.3. The molecule has 0 amide bonds. The molecular formula is C16H31N2+. The van der Waals surface area contributed by atoms with Crippen LogP contribution in [0.4, 0.5) is 0 Å². The molecule has 0 saturated heterocycles. The van der Waals surface area contributed by atoms with E-state index < -0.39 is 0 Å². The summed E-state index contributed by atoms with van der Waals surface area (Å²) in [6, 6.07) is 0. The first-order valence-corrected chi connectivity index (χ1v) is 8.27. The van der Waals surface area contributed by atoms with Gasteiger partial charge in [0.25, 0.3) is 0 Å². The van der Waals surface area contributed by atoms with Crippen LogP contribution in [0.1, 0.15) is 71.1 Å². The van der Waals surface area contributed by atoms with Gasteiger partial charge < -0.3 is 0 Å². The molecule has 0 aromatic carbocycles. The molecule has 2 bridgehead atoms. The minimum Gasteiger partial charge on any atom is -0.262 e. The van der Waals surface area contributed by atoms with Crippen molar-refractivity contribution in [3.63, 3.8) is 0 Å². The van der Waals surface area contributed by atoms with E-state index in [1.807, 2.05) is 0 Å². The molecule has 18 heavy (non-hydrogen) atoms. The Bertz CT molecular complexity index is 270. The van der Waals surface area contributed by atoms with E-state index in [1.165, 1.54) is 90.4 Å². The standard InChI is InChI=1S/C16H31N2/c1-2-11-16-17-12-9-7-5-3-4-6-8-10-13-18(16)15-14-17/h2-15H2,1H3/q+1. The maximum Gasteiger partial charge on any atom is 0.247 e. The third kappa shape index (κ3) is 4.00. The predicted octanol–water partition coefficient (Wildman–Crippen LogP) is 3.65. The molecule has 0 fully saturated rings. The van der Waals surface area contributed by atoms with Crippen LogP contribution >= 0.6 is 0 Å². The molecule has 0 aromatic rings. The van der Waals surface area contributed by atoms with Crippen molar-refractivity contribution in [2.75, 3.05) is 26.2 Å². The third-order valence-electron chi connectivity index (χ3n) is 4.45. The van der Waals surface area contributed by atoms with Crippen LogP contribution in [-0.2, 0) is 0 Å². The van der Waals surface area contributed by atoms with Gasteiger partial charge in [0.2, 0.25) is 5.84 Å². The summed E-state index contributed by atoms with van der Waals surface area (Å²) in [6.45, 7) is 7.51. The van der Waals surface area contributed by atoms with Crippen molar-refractivity contribution in [3.05, 3.63) is 0 Å². The first-order valence-electron chi connectivity index (χ1n) is 8.27. The quantitative estimate of drug-likeness (QED) is 0.679. The summed E-state index contributed by atoms with van der Waals surface area (Å²) in [7, 11) is 0. The molecule has 0 unspecified atom stereocenters. The van der Waals surface area contributed by atoms with Crippen LogP contribution < -0.4 is 0 Å². The van der Waals surface area contributed by atoms with Crippen molar-refractivity contribution in [2.45, 2.75) is 71.1 Å². The van der Waals surface area contributed by atoms with Crippen LogP contribution in [-0.4, -0.2) is 41.5 Å². The molecular weight excluding hydrogens is 220 g/mol. The molecule has 2 heterocycles. The van der Waals surface area contributed by atoms with Gasteiger partial charge in [-0.15, -0.1) is 0 Å². The molecule has 2 nitrogen and oxygen atoms in total. The first-order chi connectivity index (χ1) is 8.92. The fourth-order valence-corrected chi connectivity index (χ4v) is 3.39. The van der Waals surface area contributed by atoms with Crippen LogP contribution in [0.3, 0.4) is 0 Å². The summed E-state index contributed by atoms with van der Waals surface area (Å²) in [5.74, 6) is 1.66. The van der Waals surface area contributed by atoms with Crippen molar-refractivity contribution < 1.29 is 4.58 Å². The topological polar surface area (TPSA) is 6.25 Å². The third-order valence-corrected chi connectivity index (χ3v) is 4.45. The molecule has 2 aliphatic rings. The van der Waals surface area contributed by atoms with Gasteiger partial charge in [0.1, 0.15) is 13.1 Å². The van der Waals surface area contributed by atoms with Gasteiger partial charge in [-0.2, -0.15) is 0 Å². The molecule has 0 aromatic heterocycles. The zero-order chi connectivity index (χ0) is 12.6. The normalized spacial score (nSPS) is 23.5. The molecule has 0 N–H and O–H groups in total. The highest BCUT2D eigenvalue weighted by molar-refractivity contribution is 5.78. The van der Waals surface area contributed by atoms with Crippen molar-refractivity contribution >= 4 is 5.84 Å². The van der Waals surface area contributed by atoms with Crippen molar-refractivity contribution in [3.8, 4) is 0 Å². The van der Waals surface area contributed by atoms with Gasteiger partial charge in [0, 0.05) is 6.42 Å². The van der Waals surface area contributed by atoms with Gasteiger partial charge >= 0.3 is 0 Å². The second-order valence-corrected chi connectivity index (χ2v) is 5.97. The molecule has 2 heteroatoms. The molecule has 104 valence electrons. The predicted molar refractivity (Wildman–Crippen MR) is 78.4 cm³/mol. The van der Waals surface area contributed by atoms with Crippen LogP contribution in [0.15, 0.2) is 0 Å².